The first kappa shape index (κ1) is 22.3. The lowest BCUT2D eigenvalue weighted by atomic mass is 10.1. The first-order valence-electron chi connectivity index (χ1n) is 10.9. The van der Waals surface area contributed by atoms with E-state index in [2.05, 4.69) is 32.6 Å². The summed E-state index contributed by atoms with van der Waals surface area (Å²) in [7, 11) is 3.17. The number of methoxy groups -OCH3 is 2. The van der Waals surface area contributed by atoms with E-state index >= 15 is 0 Å². The molecule has 4 rings (SSSR count). The molecule has 3 heterocycles. The maximum Gasteiger partial charge on any atom is 0.257 e. The molecule has 0 spiro atoms. The molecule has 1 fully saturated rings. The molecule has 2 aromatic heterocycles. The van der Waals surface area contributed by atoms with Gasteiger partial charge in [0, 0.05) is 43.0 Å². The number of aryl methyl sites for hydroxylation is 2. The van der Waals surface area contributed by atoms with E-state index in [0.717, 1.165) is 34.9 Å². The summed E-state index contributed by atoms with van der Waals surface area (Å²) >= 11 is 1.73. The van der Waals surface area contributed by atoms with Gasteiger partial charge in [0.25, 0.3) is 5.91 Å². The number of ether oxygens (including phenoxy) is 2. The lowest BCUT2D eigenvalue weighted by Gasteiger charge is -2.36. The molecule has 0 aliphatic carbocycles. The first-order valence-corrected chi connectivity index (χ1v) is 11.7. The van der Waals surface area contributed by atoms with Crippen molar-refractivity contribution < 1.29 is 14.3 Å². The smallest absolute Gasteiger partial charge is 0.257 e. The quantitative estimate of drug-likeness (QED) is 0.569. The van der Waals surface area contributed by atoms with Crippen molar-refractivity contribution in [3.8, 4) is 11.5 Å². The molecule has 7 nitrogen and oxygen atoms in total. The van der Waals surface area contributed by atoms with Crippen molar-refractivity contribution in [2.45, 2.75) is 33.6 Å². The predicted octanol–water partition coefficient (Wildman–Crippen LogP) is 4.41. The second kappa shape index (κ2) is 8.94. The number of piperazine rings is 1. The molecule has 0 bridgehead atoms. The summed E-state index contributed by atoms with van der Waals surface area (Å²) in [6.45, 7) is 11.2. The van der Waals surface area contributed by atoms with E-state index in [1.807, 2.05) is 4.90 Å². The number of rotatable bonds is 5. The number of carbonyl (C=O) groups is 1. The Morgan fingerprint density at radius 3 is 2.41 bits per heavy atom. The van der Waals surface area contributed by atoms with Crippen LogP contribution in [0.15, 0.2) is 18.2 Å². The molecule has 1 aromatic carbocycles. The van der Waals surface area contributed by atoms with Crippen molar-refractivity contribution in [2.75, 3.05) is 45.3 Å². The van der Waals surface area contributed by atoms with Crippen molar-refractivity contribution in [3.05, 3.63) is 40.0 Å². The Labute approximate surface area is 193 Å². The highest BCUT2D eigenvalue weighted by atomic mass is 32.1. The van der Waals surface area contributed by atoms with Crippen molar-refractivity contribution in [2.24, 2.45) is 0 Å². The summed E-state index contributed by atoms with van der Waals surface area (Å²) in [5.74, 6) is 3.29. The van der Waals surface area contributed by atoms with Crippen LogP contribution in [0.5, 0.6) is 11.5 Å². The van der Waals surface area contributed by atoms with Gasteiger partial charge in [-0.15, -0.1) is 11.3 Å². The topological polar surface area (TPSA) is 67.8 Å². The molecule has 0 atom stereocenters. The van der Waals surface area contributed by atoms with Crippen LogP contribution in [0, 0.1) is 13.8 Å². The number of amides is 1. The molecular formula is C24H30N4O3S. The Balaban J connectivity index is 1.58. The van der Waals surface area contributed by atoms with E-state index in [0.29, 0.717) is 30.2 Å². The summed E-state index contributed by atoms with van der Waals surface area (Å²) in [4.78, 5) is 29.5. The summed E-state index contributed by atoms with van der Waals surface area (Å²) in [5.41, 5.74) is 1.80. The van der Waals surface area contributed by atoms with Crippen molar-refractivity contribution in [1.82, 2.24) is 14.9 Å². The van der Waals surface area contributed by atoms with Crippen LogP contribution in [0.1, 0.15) is 46.4 Å². The van der Waals surface area contributed by atoms with Crippen molar-refractivity contribution >= 4 is 33.3 Å². The predicted molar refractivity (Wildman–Crippen MR) is 129 cm³/mol. The molecule has 0 radical (unpaired) electrons. The van der Waals surface area contributed by atoms with E-state index in [4.69, 9.17) is 19.4 Å². The van der Waals surface area contributed by atoms with E-state index in [1.165, 1.54) is 10.4 Å². The third kappa shape index (κ3) is 3.99. The second-order valence-electron chi connectivity index (χ2n) is 8.37. The van der Waals surface area contributed by atoms with Gasteiger partial charge in [0.1, 0.15) is 28.0 Å². The highest BCUT2D eigenvalue weighted by Gasteiger charge is 2.27. The van der Waals surface area contributed by atoms with Gasteiger partial charge in [-0.05, 0) is 31.5 Å². The van der Waals surface area contributed by atoms with E-state index in [9.17, 15) is 4.79 Å². The number of hydrogen-bond acceptors (Lipinski definition) is 7. The third-order valence-electron chi connectivity index (χ3n) is 6.05. The largest absolute Gasteiger partial charge is 0.497 e. The fourth-order valence-corrected chi connectivity index (χ4v) is 5.03. The highest BCUT2D eigenvalue weighted by Crippen LogP contribution is 2.36. The molecular weight excluding hydrogens is 424 g/mol. The minimum atomic E-state index is -0.0255. The lowest BCUT2D eigenvalue weighted by Crippen LogP contribution is -2.49. The number of carbonyl (C=O) groups excluding carboxylic acids is 1. The molecule has 1 amide bonds. The summed E-state index contributed by atoms with van der Waals surface area (Å²) in [6, 6.07) is 5.31. The van der Waals surface area contributed by atoms with E-state index in [-0.39, 0.29) is 11.8 Å². The van der Waals surface area contributed by atoms with Crippen LogP contribution in [-0.2, 0) is 0 Å². The molecule has 0 saturated carbocycles. The third-order valence-corrected chi connectivity index (χ3v) is 7.15. The average molecular weight is 455 g/mol. The number of hydrogen-bond donors (Lipinski definition) is 0. The van der Waals surface area contributed by atoms with Crippen LogP contribution in [0.4, 0.5) is 5.82 Å². The van der Waals surface area contributed by atoms with Crippen LogP contribution < -0.4 is 14.4 Å². The van der Waals surface area contributed by atoms with Crippen LogP contribution in [0.25, 0.3) is 10.2 Å². The Morgan fingerprint density at radius 1 is 1.06 bits per heavy atom. The lowest BCUT2D eigenvalue weighted by molar-refractivity contribution is 0.0743. The van der Waals surface area contributed by atoms with Crippen molar-refractivity contribution in [1.29, 1.82) is 0 Å². The van der Waals surface area contributed by atoms with Crippen LogP contribution in [-0.4, -0.2) is 61.2 Å². The second-order valence-corrected chi connectivity index (χ2v) is 9.57. The monoisotopic (exact) mass is 454 g/mol. The Kier molecular flexibility index (Phi) is 6.24. The summed E-state index contributed by atoms with van der Waals surface area (Å²) in [5, 5.41) is 1.15. The Hall–Kier alpha value is -2.87. The average Bonchev–Trinajstić information content (AvgIpc) is 3.10. The maximum atomic E-state index is 13.2. The van der Waals surface area contributed by atoms with Gasteiger partial charge >= 0.3 is 0 Å². The molecule has 8 heteroatoms. The summed E-state index contributed by atoms with van der Waals surface area (Å²) in [6.07, 6.45) is 0. The van der Waals surface area contributed by atoms with Crippen LogP contribution in [0.2, 0.25) is 0 Å². The normalized spacial score (nSPS) is 14.3. The van der Waals surface area contributed by atoms with Crippen LogP contribution >= 0.6 is 11.3 Å². The van der Waals surface area contributed by atoms with E-state index < -0.39 is 0 Å². The van der Waals surface area contributed by atoms with Gasteiger partial charge in [0.2, 0.25) is 0 Å². The standard InChI is InChI=1S/C24H30N4O3S/c1-14(2)21-25-22(20-15(3)16(4)32-23(20)26-21)27-9-11-28(12-10-27)24(29)18-8-7-17(30-5)13-19(18)31-6/h7-8,13-14H,9-12H2,1-6H3. The number of nitrogens with zero attached hydrogens (tertiary/aromatic N) is 4. The minimum absolute atomic E-state index is 0.0255. The molecule has 3 aromatic rings. The van der Waals surface area contributed by atoms with E-state index in [1.54, 1.807) is 43.8 Å². The molecule has 1 saturated heterocycles. The highest BCUT2D eigenvalue weighted by molar-refractivity contribution is 7.18. The molecule has 0 N–H and O–H groups in total. The zero-order valence-electron chi connectivity index (χ0n) is 19.6. The summed E-state index contributed by atoms with van der Waals surface area (Å²) < 4.78 is 10.7. The molecule has 0 unspecified atom stereocenters. The van der Waals surface area contributed by atoms with Gasteiger partial charge in [0.15, 0.2) is 0 Å². The molecule has 32 heavy (non-hydrogen) atoms. The Morgan fingerprint density at radius 2 is 1.78 bits per heavy atom. The van der Waals surface area contributed by atoms with Gasteiger partial charge in [-0.1, -0.05) is 13.8 Å². The number of benzene rings is 1. The van der Waals surface area contributed by atoms with Gasteiger partial charge < -0.3 is 19.3 Å². The molecule has 170 valence electrons. The Bertz CT molecular complexity index is 1150. The maximum absolute atomic E-state index is 13.2. The number of anilines is 1. The number of fused-ring (bicyclic) bond motifs is 1. The van der Waals surface area contributed by atoms with Crippen LogP contribution in [0.3, 0.4) is 0 Å². The number of aromatic nitrogens is 2. The first-order chi connectivity index (χ1) is 15.3. The fourth-order valence-electron chi connectivity index (χ4n) is 4.00. The SMILES string of the molecule is COc1ccc(C(=O)N2CCN(c3nc(C(C)C)nc4sc(C)c(C)c34)CC2)c(OC)c1. The fraction of sp³-hybridized carbons (Fsp3) is 0.458. The number of thiophene rings is 1. The van der Waals surface area contributed by atoms with Gasteiger partial charge in [-0.2, -0.15) is 0 Å². The minimum Gasteiger partial charge on any atom is -0.497 e. The molecule has 1 aliphatic rings. The van der Waals surface area contributed by atoms with Gasteiger partial charge in [-0.3, -0.25) is 4.79 Å². The molecule has 1 aliphatic heterocycles. The zero-order valence-corrected chi connectivity index (χ0v) is 20.4. The van der Waals surface area contributed by atoms with Gasteiger partial charge in [-0.25, -0.2) is 9.97 Å². The zero-order chi connectivity index (χ0) is 23.0. The van der Waals surface area contributed by atoms with Crippen molar-refractivity contribution in [3.63, 3.8) is 0 Å². The van der Waals surface area contributed by atoms with Gasteiger partial charge in [0.05, 0.1) is 25.2 Å².